The molecular weight excluding hydrogens is 304 g/mol. The number of nitriles is 1. The molecule has 0 amide bonds. The number of hydrogen-bond acceptors (Lipinski definition) is 3. The summed E-state index contributed by atoms with van der Waals surface area (Å²) < 4.78 is 4.43. The average Bonchev–Trinajstić information content (AvgIpc) is 2.69. The average molecular weight is 324 g/mol. The number of nitrogens with zero attached hydrogens (tertiary/aromatic N) is 3. The number of para-hydroxylation sites is 1. The molecule has 0 radical (unpaired) electrons. The Morgan fingerprint density at radius 1 is 1.04 bits per heavy atom. The van der Waals surface area contributed by atoms with E-state index in [1.807, 2.05) is 30.3 Å². The largest absolute Gasteiger partial charge is 0.321 e. The van der Waals surface area contributed by atoms with Crippen LogP contribution in [-0.4, -0.2) is 9.13 Å². The Morgan fingerprint density at radius 2 is 1.74 bits per heavy atom. The molecule has 5 heteroatoms. The van der Waals surface area contributed by atoms with E-state index in [-0.39, 0.29) is 5.49 Å². The van der Waals surface area contributed by atoms with Gasteiger partial charge < -0.3 is 4.57 Å². The monoisotopic (exact) mass is 324 g/mol. The number of hydrogen-bond donors (Lipinski definition) is 1. The normalized spacial score (nSPS) is 14.9. The van der Waals surface area contributed by atoms with Crippen LogP contribution in [0.15, 0.2) is 30.3 Å². The van der Waals surface area contributed by atoms with Crippen molar-refractivity contribution < 1.29 is 0 Å². The van der Waals surface area contributed by atoms with Crippen LogP contribution in [0.25, 0.3) is 5.69 Å². The molecule has 0 bridgehead atoms. The highest BCUT2D eigenvalue weighted by Crippen LogP contribution is 2.18. The smallest absolute Gasteiger partial charge is 0.186 e. The predicted octanol–water partition coefficient (Wildman–Crippen LogP) is 3.87. The molecule has 118 valence electrons. The zero-order chi connectivity index (χ0) is 16.2. The van der Waals surface area contributed by atoms with Crippen LogP contribution in [0.4, 0.5) is 0 Å². The van der Waals surface area contributed by atoms with Gasteiger partial charge in [-0.2, -0.15) is 5.26 Å². The lowest BCUT2D eigenvalue weighted by Crippen LogP contribution is -2.29. The van der Waals surface area contributed by atoms with Gasteiger partial charge in [-0.1, -0.05) is 37.5 Å². The van der Waals surface area contributed by atoms with Crippen molar-refractivity contribution in [2.24, 2.45) is 0 Å². The summed E-state index contributed by atoms with van der Waals surface area (Å²) in [7, 11) is 0. The molecule has 1 aliphatic heterocycles. The second-order valence-electron chi connectivity index (χ2n) is 5.91. The molecule has 0 atom stereocenters. The van der Waals surface area contributed by atoms with Crippen molar-refractivity contribution in [2.75, 3.05) is 0 Å². The Bertz CT molecular complexity index is 856. The molecule has 2 aromatic rings. The fourth-order valence-corrected chi connectivity index (χ4v) is 3.63. The van der Waals surface area contributed by atoms with Gasteiger partial charge in [0.05, 0.1) is 0 Å². The molecule has 0 aliphatic carbocycles. The van der Waals surface area contributed by atoms with Crippen LogP contribution >= 0.6 is 12.2 Å². The van der Waals surface area contributed by atoms with E-state index >= 15 is 0 Å². The second kappa shape index (κ2) is 6.93. The minimum Gasteiger partial charge on any atom is -0.321 e. The molecule has 0 unspecified atom stereocenters. The van der Waals surface area contributed by atoms with Gasteiger partial charge in [-0.15, -0.1) is 0 Å². The van der Waals surface area contributed by atoms with Crippen molar-refractivity contribution >= 4 is 12.2 Å². The van der Waals surface area contributed by atoms with Gasteiger partial charge in [-0.05, 0) is 43.6 Å². The number of nitrogens with one attached hydrogen (secondary N) is 1. The fraction of sp³-hybridized carbons (Fsp3) is 0.389. The van der Waals surface area contributed by atoms with E-state index in [1.165, 1.54) is 19.3 Å². The van der Waals surface area contributed by atoms with Crippen molar-refractivity contribution in [2.45, 2.75) is 45.1 Å². The van der Waals surface area contributed by atoms with Crippen molar-refractivity contribution in [1.29, 1.82) is 10.7 Å². The number of benzene rings is 1. The standard InChI is InChI=1S/C18H20N4S/c19-13-15-16-11-7-2-1-3-8-12-21(16)18(23)22(17(15)20)14-9-5-4-6-10-14/h4-6,9-10,20H,1-3,7-8,11-12H2. The first-order valence-corrected chi connectivity index (χ1v) is 8.53. The minimum atomic E-state index is 0.203. The molecule has 0 spiro atoms. The van der Waals surface area contributed by atoms with Crippen molar-refractivity contribution in [3.8, 4) is 11.8 Å². The van der Waals surface area contributed by atoms with Gasteiger partial charge >= 0.3 is 0 Å². The maximum atomic E-state index is 9.64. The molecular formula is C18H20N4S. The van der Waals surface area contributed by atoms with Crippen LogP contribution in [0.3, 0.4) is 0 Å². The van der Waals surface area contributed by atoms with Crippen LogP contribution in [0, 0.1) is 21.5 Å². The number of fused-ring (bicyclic) bond motifs is 1. The third kappa shape index (κ3) is 2.99. The van der Waals surface area contributed by atoms with Crippen LogP contribution < -0.4 is 5.49 Å². The van der Waals surface area contributed by atoms with Gasteiger partial charge in [0, 0.05) is 17.9 Å². The SMILES string of the molecule is N#Cc1c2n(c(=S)n(-c3ccccc3)c1=N)CCCCCCC2. The molecule has 4 nitrogen and oxygen atoms in total. The van der Waals surface area contributed by atoms with Crippen molar-refractivity contribution in [3.05, 3.63) is 51.8 Å². The Balaban J connectivity index is 2.30. The summed E-state index contributed by atoms with van der Waals surface area (Å²) in [4.78, 5) is 0. The highest BCUT2D eigenvalue weighted by molar-refractivity contribution is 7.71. The van der Waals surface area contributed by atoms with Gasteiger partial charge in [0.2, 0.25) is 0 Å². The van der Waals surface area contributed by atoms with E-state index < -0.39 is 0 Å². The quantitative estimate of drug-likeness (QED) is 0.810. The number of rotatable bonds is 1. The summed E-state index contributed by atoms with van der Waals surface area (Å²) in [5, 5.41) is 18.1. The van der Waals surface area contributed by atoms with Gasteiger partial charge in [0.25, 0.3) is 0 Å². The van der Waals surface area contributed by atoms with E-state index in [0.29, 0.717) is 10.3 Å². The number of aromatic nitrogens is 2. The second-order valence-corrected chi connectivity index (χ2v) is 6.27. The summed E-state index contributed by atoms with van der Waals surface area (Å²) in [6.45, 7) is 0.829. The molecule has 3 rings (SSSR count). The highest BCUT2D eigenvalue weighted by Gasteiger charge is 2.16. The van der Waals surface area contributed by atoms with E-state index in [4.69, 9.17) is 17.6 Å². The van der Waals surface area contributed by atoms with Crippen molar-refractivity contribution in [1.82, 2.24) is 9.13 Å². The summed E-state index contributed by atoms with van der Waals surface area (Å²) in [5.41, 5.74) is 2.45. The topological polar surface area (TPSA) is 57.5 Å². The molecule has 1 aromatic heterocycles. The maximum Gasteiger partial charge on any atom is 0.186 e. The lowest BCUT2D eigenvalue weighted by Gasteiger charge is -2.19. The van der Waals surface area contributed by atoms with Crippen molar-refractivity contribution in [3.63, 3.8) is 0 Å². The Kier molecular flexibility index (Phi) is 4.73. The van der Waals surface area contributed by atoms with Crippen LogP contribution in [0.5, 0.6) is 0 Å². The molecule has 23 heavy (non-hydrogen) atoms. The summed E-state index contributed by atoms with van der Waals surface area (Å²) in [6, 6.07) is 11.9. The predicted molar refractivity (Wildman–Crippen MR) is 92.0 cm³/mol. The molecule has 0 saturated heterocycles. The molecule has 1 N–H and O–H groups in total. The fourth-order valence-electron chi connectivity index (χ4n) is 3.23. The molecule has 2 heterocycles. The first kappa shape index (κ1) is 15.7. The zero-order valence-electron chi connectivity index (χ0n) is 13.1. The van der Waals surface area contributed by atoms with E-state index in [1.54, 1.807) is 4.57 Å². The Morgan fingerprint density at radius 3 is 2.48 bits per heavy atom. The zero-order valence-corrected chi connectivity index (χ0v) is 13.9. The van der Waals surface area contributed by atoms with Gasteiger partial charge in [-0.25, -0.2) is 0 Å². The maximum absolute atomic E-state index is 9.64. The molecule has 0 fully saturated rings. The summed E-state index contributed by atoms with van der Waals surface area (Å²) in [6.07, 6.45) is 6.55. The minimum absolute atomic E-state index is 0.203. The summed E-state index contributed by atoms with van der Waals surface area (Å²) in [5.74, 6) is 0. The van der Waals surface area contributed by atoms with Gasteiger partial charge in [0.15, 0.2) is 10.3 Å². The summed E-state index contributed by atoms with van der Waals surface area (Å²) >= 11 is 5.70. The van der Waals surface area contributed by atoms with Crippen LogP contribution in [0.2, 0.25) is 0 Å². The molecule has 0 saturated carbocycles. The third-order valence-electron chi connectivity index (χ3n) is 4.42. The van der Waals surface area contributed by atoms with E-state index in [0.717, 1.165) is 37.2 Å². The Labute approximate surface area is 141 Å². The van der Waals surface area contributed by atoms with Gasteiger partial charge in [0.1, 0.15) is 11.6 Å². The van der Waals surface area contributed by atoms with Gasteiger partial charge in [-0.3, -0.25) is 9.98 Å². The van der Waals surface area contributed by atoms with Crippen LogP contribution in [-0.2, 0) is 13.0 Å². The lowest BCUT2D eigenvalue weighted by atomic mass is 10.1. The van der Waals surface area contributed by atoms with E-state index in [9.17, 15) is 5.26 Å². The Hall–Kier alpha value is -2.19. The first-order chi connectivity index (χ1) is 11.2. The van der Waals surface area contributed by atoms with Crippen LogP contribution in [0.1, 0.15) is 43.4 Å². The first-order valence-electron chi connectivity index (χ1n) is 8.13. The molecule has 1 aromatic carbocycles. The molecule has 1 aliphatic rings. The third-order valence-corrected chi connectivity index (χ3v) is 4.82. The lowest BCUT2D eigenvalue weighted by molar-refractivity contribution is 0.559. The van der Waals surface area contributed by atoms with E-state index in [2.05, 4.69) is 10.6 Å². The highest BCUT2D eigenvalue weighted by atomic mass is 32.1.